The third-order valence-corrected chi connectivity index (χ3v) is 5.29. The quantitative estimate of drug-likeness (QED) is 0.815. The van der Waals surface area contributed by atoms with Gasteiger partial charge in [-0.05, 0) is 44.7 Å². The van der Waals surface area contributed by atoms with Crippen LogP contribution in [0.4, 0.5) is 0 Å². The van der Waals surface area contributed by atoms with E-state index in [0.717, 1.165) is 32.1 Å². The largest absolute Gasteiger partial charge is 0.334 e. The first-order valence-electron chi connectivity index (χ1n) is 8.69. The summed E-state index contributed by atoms with van der Waals surface area (Å²) < 4.78 is 4.33. The second kappa shape index (κ2) is 6.65. The van der Waals surface area contributed by atoms with Crippen LogP contribution in [0, 0.1) is 5.92 Å². The van der Waals surface area contributed by atoms with Gasteiger partial charge in [0.2, 0.25) is 0 Å². The summed E-state index contributed by atoms with van der Waals surface area (Å²) in [7, 11) is 0. The summed E-state index contributed by atoms with van der Waals surface area (Å²) >= 11 is 5.91. The number of piperidine rings is 1. The Bertz CT molecular complexity index is 637. The Morgan fingerprint density at radius 1 is 1.13 bits per heavy atom. The molecular weight excluding hydrogens is 310 g/mol. The van der Waals surface area contributed by atoms with Crippen molar-refractivity contribution >= 4 is 11.6 Å². The fraction of sp³-hybridized carbons (Fsp3) is 0.647. The van der Waals surface area contributed by atoms with E-state index in [2.05, 4.69) is 25.7 Å². The van der Waals surface area contributed by atoms with E-state index in [1.807, 2.05) is 17.1 Å². The van der Waals surface area contributed by atoms with Crippen molar-refractivity contribution in [3.63, 3.8) is 0 Å². The van der Waals surface area contributed by atoms with Gasteiger partial charge in [0.25, 0.3) is 0 Å². The van der Waals surface area contributed by atoms with Gasteiger partial charge in [0, 0.05) is 37.6 Å². The Balaban J connectivity index is 1.28. The third-order valence-electron chi connectivity index (χ3n) is 5.10. The summed E-state index contributed by atoms with van der Waals surface area (Å²) in [5.41, 5.74) is 0. The topological polar surface area (TPSA) is 38.9 Å². The summed E-state index contributed by atoms with van der Waals surface area (Å²) in [6.45, 7) is 5.43. The van der Waals surface area contributed by atoms with Crippen LogP contribution >= 0.6 is 11.6 Å². The predicted molar refractivity (Wildman–Crippen MR) is 90.6 cm³/mol. The molecule has 1 saturated carbocycles. The van der Waals surface area contributed by atoms with E-state index in [9.17, 15) is 0 Å². The summed E-state index contributed by atoms with van der Waals surface area (Å²) in [6, 6.07) is 0. The molecule has 2 fully saturated rings. The minimum absolute atomic E-state index is 0.624. The predicted octanol–water partition coefficient (Wildman–Crippen LogP) is 3.02. The molecule has 4 rings (SSSR count). The molecule has 3 heterocycles. The monoisotopic (exact) mass is 333 g/mol. The van der Waals surface area contributed by atoms with Gasteiger partial charge in [-0.2, -0.15) is 5.10 Å². The van der Waals surface area contributed by atoms with Crippen molar-refractivity contribution in [1.82, 2.24) is 24.2 Å². The van der Waals surface area contributed by atoms with E-state index in [1.165, 1.54) is 38.1 Å². The van der Waals surface area contributed by atoms with Crippen molar-refractivity contribution in [2.75, 3.05) is 19.6 Å². The van der Waals surface area contributed by atoms with E-state index in [1.54, 1.807) is 6.20 Å². The maximum absolute atomic E-state index is 5.91. The van der Waals surface area contributed by atoms with Crippen LogP contribution < -0.4 is 0 Å². The summed E-state index contributed by atoms with van der Waals surface area (Å²) in [6.07, 6.45) is 13.0. The van der Waals surface area contributed by atoms with Crippen LogP contribution in [-0.2, 0) is 13.1 Å². The number of nitrogens with zero attached hydrogens (tertiary/aromatic N) is 5. The molecule has 1 aliphatic heterocycles. The molecule has 0 amide bonds. The van der Waals surface area contributed by atoms with Crippen molar-refractivity contribution in [2.45, 2.75) is 44.7 Å². The minimum atomic E-state index is 0.624. The molecule has 2 aromatic rings. The number of aromatic nitrogens is 4. The lowest BCUT2D eigenvalue weighted by Crippen LogP contribution is -2.36. The molecule has 2 aromatic heterocycles. The van der Waals surface area contributed by atoms with Gasteiger partial charge < -0.3 is 9.47 Å². The van der Waals surface area contributed by atoms with Gasteiger partial charge in [0.1, 0.15) is 5.82 Å². The van der Waals surface area contributed by atoms with Gasteiger partial charge in [-0.1, -0.05) is 11.6 Å². The lowest BCUT2D eigenvalue weighted by molar-refractivity contribution is 0.198. The van der Waals surface area contributed by atoms with E-state index < -0.39 is 0 Å². The van der Waals surface area contributed by atoms with E-state index in [0.29, 0.717) is 10.9 Å². The average Bonchev–Trinajstić information content (AvgIpc) is 3.09. The van der Waals surface area contributed by atoms with E-state index >= 15 is 0 Å². The number of imidazole rings is 1. The van der Waals surface area contributed by atoms with Crippen molar-refractivity contribution < 1.29 is 0 Å². The lowest BCUT2D eigenvalue weighted by atomic mass is 9.96. The zero-order chi connectivity index (χ0) is 15.6. The first kappa shape index (κ1) is 15.2. The summed E-state index contributed by atoms with van der Waals surface area (Å²) in [5.74, 6) is 2.85. The highest BCUT2D eigenvalue weighted by atomic mass is 35.5. The van der Waals surface area contributed by atoms with Crippen LogP contribution in [0.1, 0.15) is 37.4 Å². The molecule has 1 saturated heterocycles. The van der Waals surface area contributed by atoms with Gasteiger partial charge >= 0.3 is 0 Å². The fourth-order valence-electron chi connectivity index (χ4n) is 3.53. The van der Waals surface area contributed by atoms with Gasteiger partial charge in [0.05, 0.1) is 17.8 Å². The Morgan fingerprint density at radius 3 is 2.65 bits per heavy atom. The van der Waals surface area contributed by atoms with E-state index in [-0.39, 0.29) is 0 Å². The van der Waals surface area contributed by atoms with Gasteiger partial charge in [-0.3, -0.25) is 4.68 Å². The molecule has 0 N–H and O–H groups in total. The van der Waals surface area contributed by atoms with Crippen LogP contribution in [0.2, 0.25) is 5.02 Å². The molecule has 2 aliphatic rings. The first-order chi connectivity index (χ1) is 11.3. The van der Waals surface area contributed by atoms with Crippen LogP contribution in [0.25, 0.3) is 0 Å². The van der Waals surface area contributed by atoms with Gasteiger partial charge in [-0.25, -0.2) is 4.98 Å². The molecule has 0 unspecified atom stereocenters. The van der Waals surface area contributed by atoms with Crippen molar-refractivity contribution in [3.05, 3.63) is 35.6 Å². The van der Waals surface area contributed by atoms with Crippen molar-refractivity contribution in [2.24, 2.45) is 5.92 Å². The van der Waals surface area contributed by atoms with Gasteiger partial charge in [-0.15, -0.1) is 0 Å². The molecule has 23 heavy (non-hydrogen) atoms. The number of rotatable bonds is 6. The summed E-state index contributed by atoms with van der Waals surface area (Å²) in [4.78, 5) is 7.19. The van der Waals surface area contributed by atoms with Crippen LogP contribution in [0.15, 0.2) is 24.8 Å². The Hall–Kier alpha value is -1.33. The Morgan fingerprint density at radius 2 is 1.96 bits per heavy atom. The SMILES string of the molecule is Clc1cnn(CCN2CCC(c3nccn3CC3CC3)CC2)c1. The molecule has 6 heteroatoms. The molecule has 0 aromatic carbocycles. The first-order valence-corrected chi connectivity index (χ1v) is 9.07. The van der Waals surface area contributed by atoms with Crippen LogP contribution in [-0.4, -0.2) is 43.9 Å². The number of hydrogen-bond acceptors (Lipinski definition) is 3. The van der Waals surface area contributed by atoms with Crippen molar-refractivity contribution in [1.29, 1.82) is 0 Å². The third kappa shape index (κ3) is 3.78. The highest BCUT2D eigenvalue weighted by Gasteiger charge is 2.27. The van der Waals surface area contributed by atoms with E-state index in [4.69, 9.17) is 11.6 Å². The Kier molecular flexibility index (Phi) is 4.40. The van der Waals surface area contributed by atoms with Crippen LogP contribution in [0.5, 0.6) is 0 Å². The average molecular weight is 334 g/mol. The second-order valence-electron chi connectivity index (χ2n) is 6.92. The smallest absolute Gasteiger partial charge is 0.111 e. The zero-order valence-electron chi connectivity index (χ0n) is 13.4. The van der Waals surface area contributed by atoms with Crippen LogP contribution in [0.3, 0.4) is 0 Å². The number of hydrogen-bond donors (Lipinski definition) is 0. The molecular formula is C17H24ClN5. The maximum atomic E-state index is 5.91. The number of likely N-dealkylation sites (tertiary alicyclic amines) is 1. The molecule has 5 nitrogen and oxygen atoms in total. The maximum Gasteiger partial charge on any atom is 0.111 e. The molecule has 0 spiro atoms. The highest BCUT2D eigenvalue weighted by Crippen LogP contribution is 2.33. The molecule has 0 atom stereocenters. The van der Waals surface area contributed by atoms with Gasteiger partial charge in [0.15, 0.2) is 0 Å². The molecule has 124 valence electrons. The molecule has 0 radical (unpaired) electrons. The normalized spacial score (nSPS) is 20.2. The summed E-state index contributed by atoms with van der Waals surface area (Å²) in [5, 5.41) is 4.96. The van der Waals surface area contributed by atoms with Crippen molar-refractivity contribution in [3.8, 4) is 0 Å². The molecule has 0 bridgehead atoms. The molecule has 1 aliphatic carbocycles. The zero-order valence-corrected chi connectivity index (χ0v) is 14.2. The highest BCUT2D eigenvalue weighted by molar-refractivity contribution is 6.30. The second-order valence-corrected chi connectivity index (χ2v) is 7.36. The lowest BCUT2D eigenvalue weighted by Gasteiger charge is -2.31. The minimum Gasteiger partial charge on any atom is -0.334 e. The number of halogens is 1. The fourth-order valence-corrected chi connectivity index (χ4v) is 3.69. The standard InChI is InChI=1S/C17H24ClN5/c18-16-11-20-23(13-16)10-9-21-6-3-15(4-7-21)17-19-5-8-22(17)12-14-1-2-14/h5,8,11,13-15H,1-4,6-7,9-10,12H2. The Labute approximate surface area is 142 Å².